The van der Waals surface area contributed by atoms with Gasteiger partial charge < -0.3 is 10.1 Å². The van der Waals surface area contributed by atoms with Gasteiger partial charge in [-0.2, -0.15) is 0 Å². The Bertz CT molecular complexity index is 825. The molecule has 0 spiro atoms. The van der Waals surface area contributed by atoms with E-state index in [0.717, 1.165) is 10.4 Å². The van der Waals surface area contributed by atoms with Crippen molar-refractivity contribution in [2.24, 2.45) is 0 Å². The maximum Gasteiger partial charge on any atom is 0.407 e. The summed E-state index contributed by atoms with van der Waals surface area (Å²) in [7, 11) is 0. The molecule has 1 N–H and O–H groups in total. The van der Waals surface area contributed by atoms with E-state index in [9.17, 15) is 4.79 Å². The van der Waals surface area contributed by atoms with Crippen molar-refractivity contribution >= 4 is 23.5 Å². The molecule has 3 aromatic rings. The first-order valence-electron chi connectivity index (χ1n) is 8.06. The molecule has 1 heterocycles. The molecule has 0 unspecified atom stereocenters. The minimum atomic E-state index is -0.412. The molecule has 3 rings (SSSR count). The van der Waals surface area contributed by atoms with E-state index in [0.29, 0.717) is 6.54 Å². The summed E-state index contributed by atoms with van der Waals surface area (Å²) in [5.74, 6) is 0. The average Bonchev–Trinajstić information content (AvgIpc) is 3.14. The summed E-state index contributed by atoms with van der Waals surface area (Å²) in [4.78, 5) is 12.8. The van der Waals surface area contributed by atoms with Gasteiger partial charge in [-0.15, -0.1) is 11.3 Å². The summed E-state index contributed by atoms with van der Waals surface area (Å²) in [6, 6.07) is 22.0. The molecular weight excluding hydrogens is 330 g/mol. The molecule has 3 nitrogen and oxygen atoms in total. The van der Waals surface area contributed by atoms with Crippen LogP contribution in [-0.2, 0) is 11.3 Å². The number of carbonyl (C=O) groups is 1. The van der Waals surface area contributed by atoms with Crippen LogP contribution in [0.2, 0.25) is 0 Å². The van der Waals surface area contributed by atoms with Crippen LogP contribution in [0, 0.1) is 0 Å². The van der Waals surface area contributed by atoms with Gasteiger partial charge in [0.05, 0.1) is 0 Å². The smallest absolute Gasteiger partial charge is 0.407 e. The first-order valence-corrected chi connectivity index (χ1v) is 8.94. The maximum atomic E-state index is 11.7. The summed E-state index contributed by atoms with van der Waals surface area (Å²) in [6.45, 7) is 0.716. The normalized spacial score (nSPS) is 10.7. The van der Waals surface area contributed by atoms with Crippen LogP contribution in [0.4, 0.5) is 4.79 Å². The molecule has 0 atom stereocenters. The average molecular weight is 349 g/mol. The van der Waals surface area contributed by atoms with E-state index in [-0.39, 0.29) is 6.61 Å². The Morgan fingerprint density at radius 3 is 2.48 bits per heavy atom. The molecule has 0 fully saturated rings. The highest BCUT2D eigenvalue weighted by Gasteiger charge is 2.01. The molecule has 0 radical (unpaired) electrons. The molecule has 0 aliphatic carbocycles. The molecule has 2 aromatic carbocycles. The number of carbonyl (C=O) groups excluding carboxylic acids is 1. The highest BCUT2D eigenvalue weighted by Crippen LogP contribution is 2.26. The van der Waals surface area contributed by atoms with E-state index in [4.69, 9.17) is 4.74 Å². The topological polar surface area (TPSA) is 38.3 Å². The van der Waals surface area contributed by atoms with Gasteiger partial charge in [0, 0.05) is 11.4 Å². The van der Waals surface area contributed by atoms with E-state index < -0.39 is 6.09 Å². The third-order valence-electron chi connectivity index (χ3n) is 3.59. The van der Waals surface area contributed by atoms with Crippen molar-refractivity contribution in [3.05, 3.63) is 88.6 Å². The van der Waals surface area contributed by atoms with Crippen LogP contribution in [0.15, 0.2) is 78.2 Å². The molecular formula is C21H19NO2S. The third-order valence-corrected chi connectivity index (χ3v) is 4.48. The number of hydrogen-bond acceptors (Lipinski definition) is 3. The minimum Gasteiger partial charge on any atom is -0.445 e. The highest BCUT2D eigenvalue weighted by atomic mass is 32.1. The Morgan fingerprint density at radius 1 is 1.00 bits per heavy atom. The number of alkyl carbamates (subject to hydrolysis) is 1. The first kappa shape index (κ1) is 17.0. The highest BCUT2D eigenvalue weighted by molar-refractivity contribution is 7.11. The number of nitrogens with one attached hydrogen (secondary N) is 1. The fourth-order valence-electron chi connectivity index (χ4n) is 2.31. The van der Waals surface area contributed by atoms with Crippen molar-refractivity contribution in [2.75, 3.05) is 6.54 Å². The van der Waals surface area contributed by atoms with Crippen molar-refractivity contribution in [1.82, 2.24) is 5.32 Å². The number of benzene rings is 2. The summed E-state index contributed by atoms with van der Waals surface area (Å²) in [6.07, 6.45) is 3.52. The Kier molecular flexibility index (Phi) is 6.01. The molecule has 126 valence electrons. The second kappa shape index (κ2) is 8.85. The van der Waals surface area contributed by atoms with E-state index in [2.05, 4.69) is 28.9 Å². The van der Waals surface area contributed by atoms with E-state index >= 15 is 0 Å². The van der Waals surface area contributed by atoms with Crippen molar-refractivity contribution in [2.45, 2.75) is 6.61 Å². The van der Waals surface area contributed by atoms with E-state index in [1.54, 1.807) is 11.3 Å². The second-order valence-corrected chi connectivity index (χ2v) is 6.39. The van der Waals surface area contributed by atoms with E-state index in [1.807, 2.05) is 60.7 Å². The SMILES string of the molecule is O=C(NCC=Cc1cc(-c2ccccc2)cs1)OCc1ccccc1. The van der Waals surface area contributed by atoms with Gasteiger partial charge in [0.25, 0.3) is 0 Å². The number of thiophene rings is 1. The van der Waals surface area contributed by atoms with Crippen LogP contribution >= 0.6 is 11.3 Å². The lowest BCUT2D eigenvalue weighted by Crippen LogP contribution is -2.24. The quantitative estimate of drug-likeness (QED) is 0.651. The standard InChI is InChI=1S/C21H19NO2S/c23-21(24-15-17-8-3-1-4-9-17)22-13-7-12-20-14-19(16-25-20)18-10-5-2-6-11-18/h1-12,14,16H,13,15H2,(H,22,23). The molecule has 0 saturated carbocycles. The lowest BCUT2D eigenvalue weighted by Gasteiger charge is -2.05. The summed E-state index contributed by atoms with van der Waals surface area (Å²) >= 11 is 1.68. The van der Waals surface area contributed by atoms with Crippen molar-refractivity contribution in [3.63, 3.8) is 0 Å². The Morgan fingerprint density at radius 2 is 1.72 bits per heavy atom. The van der Waals surface area contributed by atoms with Crippen LogP contribution in [0.5, 0.6) is 0 Å². The lowest BCUT2D eigenvalue weighted by molar-refractivity contribution is 0.141. The summed E-state index contributed by atoms with van der Waals surface area (Å²) in [5, 5.41) is 4.85. The van der Waals surface area contributed by atoms with Gasteiger partial charge in [-0.1, -0.05) is 66.7 Å². The number of ether oxygens (including phenoxy) is 1. The van der Waals surface area contributed by atoms with Gasteiger partial charge in [0.2, 0.25) is 0 Å². The van der Waals surface area contributed by atoms with Crippen molar-refractivity contribution in [1.29, 1.82) is 0 Å². The van der Waals surface area contributed by atoms with Crippen LogP contribution in [0.25, 0.3) is 17.2 Å². The van der Waals surface area contributed by atoms with Gasteiger partial charge in [-0.05, 0) is 34.2 Å². The first-order chi connectivity index (χ1) is 12.3. The summed E-state index contributed by atoms with van der Waals surface area (Å²) < 4.78 is 5.16. The zero-order valence-corrected chi connectivity index (χ0v) is 14.5. The maximum absolute atomic E-state index is 11.7. The van der Waals surface area contributed by atoms with Gasteiger partial charge in [-0.3, -0.25) is 0 Å². The molecule has 1 amide bonds. The Balaban J connectivity index is 1.43. The largest absolute Gasteiger partial charge is 0.445 e. The van der Waals surface area contributed by atoms with E-state index in [1.165, 1.54) is 11.1 Å². The number of rotatable bonds is 6. The molecule has 0 bridgehead atoms. The second-order valence-electron chi connectivity index (χ2n) is 5.45. The number of hydrogen-bond donors (Lipinski definition) is 1. The Hall–Kier alpha value is -2.85. The van der Waals surface area contributed by atoms with Crippen LogP contribution in [0.3, 0.4) is 0 Å². The van der Waals surface area contributed by atoms with Gasteiger partial charge >= 0.3 is 6.09 Å². The fourth-order valence-corrected chi connectivity index (χ4v) is 3.15. The zero-order valence-electron chi connectivity index (χ0n) is 13.7. The fraction of sp³-hybridized carbons (Fsp3) is 0.0952. The van der Waals surface area contributed by atoms with Crippen molar-refractivity contribution in [3.8, 4) is 11.1 Å². The number of amides is 1. The monoisotopic (exact) mass is 349 g/mol. The molecule has 4 heteroatoms. The molecule has 1 aromatic heterocycles. The van der Waals surface area contributed by atoms with Gasteiger partial charge in [-0.25, -0.2) is 4.79 Å². The zero-order chi connectivity index (χ0) is 17.3. The van der Waals surface area contributed by atoms with Crippen LogP contribution < -0.4 is 5.32 Å². The van der Waals surface area contributed by atoms with Crippen molar-refractivity contribution < 1.29 is 9.53 Å². The minimum absolute atomic E-state index is 0.280. The van der Waals surface area contributed by atoms with Crippen LogP contribution in [-0.4, -0.2) is 12.6 Å². The molecule has 0 aliphatic heterocycles. The molecule has 25 heavy (non-hydrogen) atoms. The van der Waals surface area contributed by atoms with Gasteiger partial charge in [0.15, 0.2) is 0 Å². The van der Waals surface area contributed by atoms with Crippen LogP contribution in [0.1, 0.15) is 10.4 Å². The Labute approximate surface area is 151 Å². The van der Waals surface area contributed by atoms with Gasteiger partial charge in [0.1, 0.15) is 6.61 Å². The lowest BCUT2D eigenvalue weighted by atomic mass is 10.1. The predicted octanol–water partition coefficient (Wildman–Crippen LogP) is 5.35. The molecule has 0 saturated heterocycles. The summed E-state index contributed by atoms with van der Waals surface area (Å²) in [5.41, 5.74) is 3.39. The predicted molar refractivity (Wildman–Crippen MR) is 103 cm³/mol. The third kappa shape index (κ3) is 5.33. The molecule has 0 aliphatic rings.